The number of carboxylic acids is 1. The number of benzene rings is 1. The van der Waals surface area contributed by atoms with Crippen molar-refractivity contribution >= 4 is 17.6 Å². The Morgan fingerprint density at radius 2 is 2.24 bits per heavy atom. The maximum absolute atomic E-state index is 10.5. The van der Waals surface area contributed by atoms with Gasteiger partial charge in [0.05, 0.1) is 13.5 Å². The normalized spacial score (nSPS) is 10.6. The van der Waals surface area contributed by atoms with Gasteiger partial charge in [-0.25, -0.2) is 0 Å². The first-order valence-corrected chi connectivity index (χ1v) is 5.63. The zero-order chi connectivity index (χ0) is 12.8. The van der Waals surface area contributed by atoms with Gasteiger partial charge in [-0.05, 0) is 25.2 Å². The molecule has 0 spiro atoms. The van der Waals surface area contributed by atoms with Crippen LogP contribution in [0, 0.1) is 0 Å². The van der Waals surface area contributed by atoms with Crippen molar-refractivity contribution in [1.29, 1.82) is 0 Å². The average molecular weight is 258 g/mol. The van der Waals surface area contributed by atoms with Gasteiger partial charge >= 0.3 is 5.97 Å². The summed E-state index contributed by atoms with van der Waals surface area (Å²) in [7, 11) is 3.47. The number of halogens is 1. The molecule has 1 aromatic rings. The van der Waals surface area contributed by atoms with Crippen LogP contribution in [-0.2, 0) is 11.3 Å². The summed E-state index contributed by atoms with van der Waals surface area (Å²) in [6.45, 7) is 1.10. The van der Waals surface area contributed by atoms with Gasteiger partial charge in [0.25, 0.3) is 0 Å². The van der Waals surface area contributed by atoms with Gasteiger partial charge in [0.15, 0.2) is 0 Å². The van der Waals surface area contributed by atoms with Crippen LogP contribution in [-0.4, -0.2) is 36.7 Å². The predicted molar refractivity (Wildman–Crippen MR) is 66.6 cm³/mol. The highest BCUT2D eigenvalue weighted by Crippen LogP contribution is 2.23. The van der Waals surface area contributed by atoms with Gasteiger partial charge in [-0.2, -0.15) is 0 Å². The van der Waals surface area contributed by atoms with E-state index in [1.165, 1.54) is 0 Å². The molecule has 4 nitrogen and oxygen atoms in total. The lowest BCUT2D eigenvalue weighted by atomic mass is 10.2. The first-order chi connectivity index (χ1) is 8.02. The molecule has 94 valence electrons. The maximum Gasteiger partial charge on any atom is 0.304 e. The molecule has 0 amide bonds. The minimum Gasteiger partial charge on any atom is -0.496 e. The highest BCUT2D eigenvalue weighted by atomic mass is 35.5. The summed E-state index contributed by atoms with van der Waals surface area (Å²) in [5.41, 5.74) is 0.952. The number of methoxy groups -OCH3 is 1. The summed E-state index contributed by atoms with van der Waals surface area (Å²) >= 11 is 5.92. The molecule has 0 bridgehead atoms. The number of hydrogen-bond acceptors (Lipinski definition) is 3. The maximum atomic E-state index is 10.5. The Morgan fingerprint density at radius 3 is 2.82 bits per heavy atom. The Balaban J connectivity index is 2.66. The molecule has 17 heavy (non-hydrogen) atoms. The largest absolute Gasteiger partial charge is 0.496 e. The summed E-state index contributed by atoms with van der Waals surface area (Å²) < 4.78 is 5.23. The number of carbonyl (C=O) groups is 1. The molecular weight excluding hydrogens is 242 g/mol. The summed E-state index contributed by atoms with van der Waals surface area (Å²) in [5.74, 6) is -0.0357. The van der Waals surface area contributed by atoms with Crippen LogP contribution in [0.25, 0.3) is 0 Å². The number of nitrogens with zero attached hydrogens (tertiary/aromatic N) is 1. The van der Waals surface area contributed by atoms with Crippen molar-refractivity contribution in [2.75, 3.05) is 20.7 Å². The third-order valence-corrected chi connectivity index (χ3v) is 2.63. The molecule has 0 heterocycles. The Kier molecular flexibility index (Phi) is 5.25. The van der Waals surface area contributed by atoms with E-state index in [0.29, 0.717) is 18.1 Å². The van der Waals surface area contributed by atoms with Gasteiger partial charge in [-0.15, -0.1) is 0 Å². The van der Waals surface area contributed by atoms with Crippen molar-refractivity contribution in [1.82, 2.24) is 4.90 Å². The lowest BCUT2D eigenvalue weighted by Crippen LogP contribution is -2.21. The standard InChI is InChI=1S/C12H16ClNO3/c1-14(6-5-12(15)16)8-9-7-10(13)3-4-11(9)17-2/h3-4,7H,5-6,8H2,1-2H3,(H,15,16). The minimum absolute atomic E-state index is 0.124. The zero-order valence-corrected chi connectivity index (χ0v) is 10.7. The van der Waals surface area contributed by atoms with E-state index >= 15 is 0 Å². The minimum atomic E-state index is -0.796. The second-order valence-corrected chi connectivity index (χ2v) is 4.27. The number of carboxylic acid groups (broad SMARTS) is 1. The van der Waals surface area contributed by atoms with Crippen LogP contribution in [0.15, 0.2) is 18.2 Å². The van der Waals surface area contributed by atoms with Crippen LogP contribution in [0.2, 0.25) is 5.02 Å². The van der Waals surface area contributed by atoms with E-state index in [4.69, 9.17) is 21.4 Å². The first-order valence-electron chi connectivity index (χ1n) is 5.25. The summed E-state index contributed by atoms with van der Waals surface area (Å²) in [6, 6.07) is 5.40. The highest BCUT2D eigenvalue weighted by molar-refractivity contribution is 6.30. The molecule has 0 fully saturated rings. The number of rotatable bonds is 6. The lowest BCUT2D eigenvalue weighted by Gasteiger charge is -2.17. The fourth-order valence-electron chi connectivity index (χ4n) is 1.53. The van der Waals surface area contributed by atoms with Crippen LogP contribution in [0.1, 0.15) is 12.0 Å². The van der Waals surface area contributed by atoms with Gasteiger partial charge in [-0.3, -0.25) is 4.79 Å². The third kappa shape index (κ3) is 4.63. The van der Waals surface area contributed by atoms with Crippen LogP contribution in [0.4, 0.5) is 0 Å². The van der Waals surface area contributed by atoms with Crippen LogP contribution < -0.4 is 4.74 Å². The highest BCUT2D eigenvalue weighted by Gasteiger charge is 2.08. The van der Waals surface area contributed by atoms with Gasteiger partial charge < -0.3 is 14.7 Å². The van der Waals surface area contributed by atoms with Crippen molar-refractivity contribution < 1.29 is 14.6 Å². The molecule has 0 aromatic heterocycles. The third-order valence-electron chi connectivity index (χ3n) is 2.39. The second-order valence-electron chi connectivity index (χ2n) is 3.84. The fraction of sp³-hybridized carbons (Fsp3) is 0.417. The van der Waals surface area contributed by atoms with Crippen LogP contribution in [0.3, 0.4) is 0 Å². The van der Waals surface area contributed by atoms with Crippen molar-refractivity contribution in [3.63, 3.8) is 0 Å². The van der Waals surface area contributed by atoms with E-state index in [9.17, 15) is 4.79 Å². The molecule has 5 heteroatoms. The molecule has 0 aliphatic rings. The molecule has 0 saturated carbocycles. The Morgan fingerprint density at radius 1 is 1.53 bits per heavy atom. The summed E-state index contributed by atoms with van der Waals surface area (Å²) in [5, 5.41) is 9.25. The van der Waals surface area contributed by atoms with Crippen LogP contribution in [0.5, 0.6) is 5.75 Å². The molecule has 0 unspecified atom stereocenters. The monoisotopic (exact) mass is 257 g/mol. The Labute approximate surface area is 106 Å². The smallest absolute Gasteiger partial charge is 0.304 e. The fourth-order valence-corrected chi connectivity index (χ4v) is 1.72. The molecule has 0 aliphatic carbocycles. The molecule has 0 aliphatic heterocycles. The lowest BCUT2D eigenvalue weighted by molar-refractivity contribution is -0.137. The molecule has 0 radical (unpaired) electrons. The van der Waals surface area contributed by atoms with Crippen molar-refractivity contribution in [2.24, 2.45) is 0 Å². The number of hydrogen-bond donors (Lipinski definition) is 1. The molecule has 1 rings (SSSR count). The van der Waals surface area contributed by atoms with E-state index in [1.54, 1.807) is 13.2 Å². The number of aliphatic carboxylic acids is 1. The van der Waals surface area contributed by atoms with Crippen molar-refractivity contribution in [2.45, 2.75) is 13.0 Å². The van der Waals surface area contributed by atoms with E-state index in [0.717, 1.165) is 11.3 Å². The average Bonchev–Trinajstić information content (AvgIpc) is 2.27. The molecule has 0 atom stereocenters. The van der Waals surface area contributed by atoms with E-state index in [1.807, 2.05) is 24.1 Å². The SMILES string of the molecule is COc1ccc(Cl)cc1CN(C)CCC(=O)O. The van der Waals surface area contributed by atoms with E-state index in [-0.39, 0.29) is 6.42 Å². The molecule has 1 N–H and O–H groups in total. The van der Waals surface area contributed by atoms with Gasteiger partial charge in [0.2, 0.25) is 0 Å². The second kappa shape index (κ2) is 6.47. The van der Waals surface area contributed by atoms with Gasteiger partial charge in [-0.1, -0.05) is 11.6 Å². The summed E-state index contributed by atoms with van der Waals surface area (Å²) in [4.78, 5) is 12.4. The van der Waals surface area contributed by atoms with Crippen LogP contribution >= 0.6 is 11.6 Å². The molecular formula is C12H16ClNO3. The molecule has 1 aromatic carbocycles. The quantitative estimate of drug-likeness (QED) is 0.849. The van der Waals surface area contributed by atoms with Crippen molar-refractivity contribution in [3.05, 3.63) is 28.8 Å². The Bertz CT molecular complexity index is 395. The topological polar surface area (TPSA) is 49.8 Å². The van der Waals surface area contributed by atoms with Gasteiger partial charge in [0, 0.05) is 23.7 Å². The summed E-state index contributed by atoms with van der Waals surface area (Å²) in [6.07, 6.45) is 0.124. The van der Waals surface area contributed by atoms with E-state index < -0.39 is 5.97 Å². The molecule has 0 saturated heterocycles. The van der Waals surface area contributed by atoms with Crippen molar-refractivity contribution in [3.8, 4) is 5.75 Å². The van der Waals surface area contributed by atoms with Gasteiger partial charge in [0.1, 0.15) is 5.75 Å². The zero-order valence-electron chi connectivity index (χ0n) is 9.94. The predicted octanol–water partition coefficient (Wildman–Crippen LogP) is 2.26. The first kappa shape index (κ1) is 13.8. The number of ether oxygens (including phenoxy) is 1. The van der Waals surface area contributed by atoms with E-state index in [2.05, 4.69) is 0 Å². The Hall–Kier alpha value is -1.26.